The number of benzene rings is 2. The average molecular weight is 274 g/mol. The van der Waals surface area contributed by atoms with Gasteiger partial charge in [-0.25, -0.2) is 0 Å². The van der Waals surface area contributed by atoms with E-state index >= 15 is 0 Å². The first-order chi connectivity index (χ1) is 10.3. The van der Waals surface area contributed by atoms with E-state index in [9.17, 15) is 4.79 Å². The SMILES string of the molecule is O=C(C=Cc1ccccc1)Nc1cccc2ncccc12. The molecular formula is C18H14N2O. The van der Waals surface area contributed by atoms with Crippen LogP contribution in [0.1, 0.15) is 5.56 Å². The van der Waals surface area contributed by atoms with Crippen molar-refractivity contribution in [3.05, 3.63) is 78.5 Å². The molecule has 1 heterocycles. The van der Waals surface area contributed by atoms with Gasteiger partial charge in [-0.15, -0.1) is 0 Å². The van der Waals surface area contributed by atoms with Crippen molar-refractivity contribution in [3.8, 4) is 0 Å². The molecule has 3 rings (SSSR count). The molecule has 2 aromatic carbocycles. The van der Waals surface area contributed by atoms with Crippen molar-refractivity contribution < 1.29 is 4.79 Å². The Morgan fingerprint density at radius 1 is 0.952 bits per heavy atom. The van der Waals surface area contributed by atoms with Crippen LogP contribution < -0.4 is 5.32 Å². The van der Waals surface area contributed by atoms with Crippen LogP contribution in [0.5, 0.6) is 0 Å². The van der Waals surface area contributed by atoms with Gasteiger partial charge in [0.2, 0.25) is 5.91 Å². The molecule has 0 fully saturated rings. The van der Waals surface area contributed by atoms with Gasteiger partial charge in [-0.05, 0) is 35.9 Å². The Kier molecular flexibility index (Phi) is 3.74. The number of hydrogen-bond donors (Lipinski definition) is 1. The van der Waals surface area contributed by atoms with E-state index in [1.165, 1.54) is 6.08 Å². The van der Waals surface area contributed by atoms with Crippen molar-refractivity contribution in [2.24, 2.45) is 0 Å². The molecule has 0 bridgehead atoms. The lowest BCUT2D eigenvalue weighted by Crippen LogP contribution is -2.08. The number of pyridine rings is 1. The summed E-state index contributed by atoms with van der Waals surface area (Å²) in [6.45, 7) is 0. The summed E-state index contributed by atoms with van der Waals surface area (Å²) in [6.07, 6.45) is 5.06. The fourth-order valence-corrected chi connectivity index (χ4v) is 2.12. The highest BCUT2D eigenvalue weighted by atomic mass is 16.1. The first-order valence-corrected chi connectivity index (χ1v) is 6.71. The number of nitrogens with zero attached hydrogens (tertiary/aromatic N) is 1. The summed E-state index contributed by atoms with van der Waals surface area (Å²) in [5.74, 6) is -0.157. The third kappa shape index (κ3) is 3.15. The number of carbonyl (C=O) groups excluding carboxylic acids is 1. The number of anilines is 1. The van der Waals surface area contributed by atoms with Gasteiger partial charge < -0.3 is 5.32 Å². The predicted octanol–water partition coefficient (Wildman–Crippen LogP) is 3.89. The summed E-state index contributed by atoms with van der Waals surface area (Å²) in [5.41, 5.74) is 2.62. The molecule has 0 aliphatic carbocycles. The second kappa shape index (κ2) is 6.01. The van der Waals surface area contributed by atoms with Gasteiger partial charge in [-0.3, -0.25) is 9.78 Å². The van der Waals surface area contributed by atoms with Crippen molar-refractivity contribution in [3.63, 3.8) is 0 Å². The second-order valence-electron chi connectivity index (χ2n) is 4.61. The van der Waals surface area contributed by atoms with E-state index in [0.717, 1.165) is 22.2 Å². The molecule has 3 heteroatoms. The Labute approximate surface area is 123 Å². The molecule has 0 spiro atoms. The standard InChI is InChI=1S/C18H14N2O/c21-18(12-11-14-6-2-1-3-7-14)20-17-10-4-9-16-15(17)8-5-13-19-16/h1-13H,(H,20,21). The summed E-state index contributed by atoms with van der Waals surface area (Å²) in [6, 6.07) is 19.2. The van der Waals surface area contributed by atoms with Gasteiger partial charge in [0.05, 0.1) is 11.2 Å². The lowest BCUT2D eigenvalue weighted by molar-refractivity contribution is -0.111. The Hall–Kier alpha value is -2.94. The molecule has 1 amide bonds. The maximum absolute atomic E-state index is 12.0. The zero-order chi connectivity index (χ0) is 14.5. The highest BCUT2D eigenvalue weighted by Crippen LogP contribution is 2.21. The molecule has 0 radical (unpaired) electrons. The lowest BCUT2D eigenvalue weighted by Gasteiger charge is -2.06. The second-order valence-corrected chi connectivity index (χ2v) is 4.61. The van der Waals surface area contributed by atoms with E-state index in [1.807, 2.05) is 60.7 Å². The number of aromatic nitrogens is 1. The normalized spacial score (nSPS) is 10.9. The van der Waals surface area contributed by atoms with Crippen LogP contribution in [-0.4, -0.2) is 10.9 Å². The minimum Gasteiger partial charge on any atom is -0.322 e. The molecule has 3 aromatic rings. The summed E-state index contributed by atoms with van der Waals surface area (Å²) in [5, 5.41) is 3.82. The molecule has 0 unspecified atom stereocenters. The third-order valence-corrected chi connectivity index (χ3v) is 3.13. The van der Waals surface area contributed by atoms with Gasteiger partial charge in [0, 0.05) is 17.7 Å². The van der Waals surface area contributed by atoms with Crippen molar-refractivity contribution in [2.75, 3.05) is 5.32 Å². The number of rotatable bonds is 3. The maximum Gasteiger partial charge on any atom is 0.248 e. The average Bonchev–Trinajstić information content (AvgIpc) is 2.54. The Morgan fingerprint density at radius 2 is 1.81 bits per heavy atom. The Morgan fingerprint density at radius 3 is 2.67 bits per heavy atom. The Balaban J connectivity index is 1.79. The van der Waals surface area contributed by atoms with Crippen molar-refractivity contribution >= 4 is 28.6 Å². The minimum atomic E-state index is -0.157. The van der Waals surface area contributed by atoms with E-state index < -0.39 is 0 Å². The molecule has 1 N–H and O–H groups in total. The molecule has 0 aliphatic rings. The monoisotopic (exact) mass is 274 g/mol. The lowest BCUT2D eigenvalue weighted by atomic mass is 10.2. The first-order valence-electron chi connectivity index (χ1n) is 6.71. The highest BCUT2D eigenvalue weighted by molar-refractivity contribution is 6.06. The smallest absolute Gasteiger partial charge is 0.248 e. The zero-order valence-electron chi connectivity index (χ0n) is 11.4. The van der Waals surface area contributed by atoms with E-state index in [1.54, 1.807) is 12.3 Å². The van der Waals surface area contributed by atoms with Crippen LogP contribution in [0.2, 0.25) is 0 Å². The molecule has 1 aromatic heterocycles. The van der Waals surface area contributed by atoms with Crippen LogP contribution in [-0.2, 0) is 4.79 Å². The number of amides is 1. The molecule has 0 atom stereocenters. The van der Waals surface area contributed by atoms with E-state index in [0.29, 0.717) is 0 Å². The largest absolute Gasteiger partial charge is 0.322 e. The first kappa shape index (κ1) is 13.1. The topological polar surface area (TPSA) is 42.0 Å². The summed E-state index contributed by atoms with van der Waals surface area (Å²) >= 11 is 0. The quantitative estimate of drug-likeness (QED) is 0.736. The number of hydrogen-bond acceptors (Lipinski definition) is 2. The van der Waals surface area contributed by atoms with Gasteiger partial charge >= 0.3 is 0 Å². The number of carbonyl (C=O) groups is 1. The van der Waals surface area contributed by atoms with E-state index in [4.69, 9.17) is 0 Å². The summed E-state index contributed by atoms with van der Waals surface area (Å²) in [7, 11) is 0. The highest BCUT2D eigenvalue weighted by Gasteiger charge is 2.03. The molecule has 0 aliphatic heterocycles. The molecule has 0 saturated heterocycles. The van der Waals surface area contributed by atoms with Crippen molar-refractivity contribution in [2.45, 2.75) is 0 Å². The van der Waals surface area contributed by atoms with Gasteiger partial charge in [0.1, 0.15) is 0 Å². The number of fused-ring (bicyclic) bond motifs is 1. The molecular weight excluding hydrogens is 260 g/mol. The van der Waals surface area contributed by atoms with E-state index in [-0.39, 0.29) is 5.91 Å². The van der Waals surface area contributed by atoms with Crippen LogP contribution in [0.25, 0.3) is 17.0 Å². The predicted molar refractivity (Wildman–Crippen MR) is 85.8 cm³/mol. The van der Waals surface area contributed by atoms with Crippen LogP contribution in [0, 0.1) is 0 Å². The van der Waals surface area contributed by atoms with Gasteiger partial charge in [0.25, 0.3) is 0 Å². The Bertz CT molecular complexity index is 789. The van der Waals surface area contributed by atoms with Gasteiger partial charge in [-0.1, -0.05) is 36.4 Å². The molecule has 3 nitrogen and oxygen atoms in total. The maximum atomic E-state index is 12.0. The van der Waals surface area contributed by atoms with Crippen LogP contribution >= 0.6 is 0 Å². The van der Waals surface area contributed by atoms with Crippen molar-refractivity contribution in [1.29, 1.82) is 0 Å². The van der Waals surface area contributed by atoms with Gasteiger partial charge in [0.15, 0.2) is 0 Å². The zero-order valence-corrected chi connectivity index (χ0v) is 11.4. The van der Waals surface area contributed by atoms with Crippen LogP contribution in [0.4, 0.5) is 5.69 Å². The van der Waals surface area contributed by atoms with Crippen LogP contribution in [0.3, 0.4) is 0 Å². The number of nitrogens with one attached hydrogen (secondary N) is 1. The molecule has 21 heavy (non-hydrogen) atoms. The fourth-order valence-electron chi connectivity index (χ4n) is 2.12. The van der Waals surface area contributed by atoms with Gasteiger partial charge in [-0.2, -0.15) is 0 Å². The summed E-state index contributed by atoms with van der Waals surface area (Å²) < 4.78 is 0. The minimum absolute atomic E-state index is 0.157. The summed E-state index contributed by atoms with van der Waals surface area (Å²) in [4.78, 5) is 16.3. The van der Waals surface area contributed by atoms with Crippen LogP contribution in [0.15, 0.2) is 72.9 Å². The molecule has 0 saturated carbocycles. The third-order valence-electron chi connectivity index (χ3n) is 3.13. The fraction of sp³-hybridized carbons (Fsp3) is 0. The van der Waals surface area contributed by atoms with E-state index in [2.05, 4.69) is 10.3 Å². The molecule has 102 valence electrons. The van der Waals surface area contributed by atoms with Crippen molar-refractivity contribution in [1.82, 2.24) is 4.98 Å².